The highest BCUT2D eigenvalue weighted by Gasteiger charge is 2.39. The van der Waals surface area contributed by atoms with Crippen LogP contribution in [-0.2, 0) is 4.79 Å². The highest BCUT2D eigenvalue weighted by molar-refractivity contribution is 5.83. The summed E-state index contributed by atoms with van der Waals surface area (Å²) in [5, 5.41) is 6.37. The second kappa shape index (κ2) is 3.29. The van der Waals surface area contributed by atoms with Gasteiger partial charge in [0.05, 0.1) is 0 Å². The van der Waals surface area contributed by atoms with Crippen molar-refractivity contribution in [2.24, 2.45) is 5.41 Å². The zero-order valence-electron chi connectivity index (χ0n) is 8.23. The average Bonchev–Trinajstić information content (AvgIpc) is 2.52. The van der Waals surface area contributed by atoms with Crippen molar-refractivity contribution in [3.05, 3.63) is 0 Å². The molecule has 1 aliphatic carbocycles. The number of carbonyl (C=O) groups is 1. The molecule has 0 radical (unpaired) electrons. The van der Waals surface area contributed by atoms with E-state index in [0.717, 1.165) is 32.4 Å². The third-order valence-electron chi connectivity index (χ3n) is 3.40. The zero-order chi connectivity index (χ0) is 9.31. The fourth-order valence-electron chi connectivity index (χ4n) is 2.07. The van der Waals surface area contributed by atoms with Crippen LogP contribution in [0.15, 0.2) is 0 Å². The van der Waals surface area contributed by atoms with Crippen molar-refractivity contribution in [3.63, 3.8) is 0 Å². The van der Waals surface area contributed by atoms with Crippen molar-refractivity contribution < 1.29 is 4.79 Å². The molecule has 0 bridgehead atoms. The van der Waals surface area contributed by atoms with Gasteiger partial charge >= 0.3 is 0 Å². The molecule has 0 aromatic heterocycles. The molecule has 2 N–H and O–H groups in total. The van der Waals surface area contributed by atoms with Crippen LogP contribution in [0.3, 0.4) is 0 Å². The van der Waals surface area contributed by atoms with Crippen LogP contribution in [0.4, 0.5) is 0 Å². The maximum atomic E-state index is 11.8. The van der Waals surface area contributed by atoms with Crippen LogP contribution in [0.2, 0.25) is 0 Å². The van der Waals surface area contributed by atoms with Gasteiger partial charge in [0.2, 0.25) is 5.91 Å². The van der Waals surface area contributed by atoms with Gasteiger partial charge in [-0.1, -0.05) is 13.3 Å². The largest absolute Gasteiger partial charge is 0.352 e. The van der Waals surface area contributed by atoms with Crippen LogP contribution in [0.5, 0.6) is 0 Å². The number of amides is 1. The Balaban J connectivity index is 1.83. The molecule has 1 aliphatic heterocycles. The van der Waals surface area contributed by atoms with Crippen LogP contribution < -0.4 is 10.6 Å². The first-order valence-electron chi connectivity index (χ1n) is 5.22. The lowest BCUT2D eigenvalue weighted by Crippen LogP contribution is -2.48. The summed E-state index contributed by atoms with van der Waals surface area (Å²) in [7, 11) is 0. The maximum absolute atomic E-state index is 11.8. The number of hydrogen-bond acceptors (Lipinski definition) is 2. The maximum Gasteiger partial charge on any atom is 0.226 e. The van der Waals surface area contributed by atoms with Crippen LogP contribution in [0.25, 0.3) is 0 Å². The van der Waals surface area contributed by atoms with E-state index in [9.17, 15) is 4.79 Å². The molecule has 2 fully saturated rings. The van der Waals surface area contributed by atoms with Gasteiger partial charge in [-0.2, -0.15) is 0 Å². The molecule has 74 valence electrons. The lowest BCUT2D eigenvalue weighted by molar-refractivity contribution is -0.135. The quantitative estimate of drug-likeness (QED) is 0.658. The van der Waals surface area contributed by atoms with E-state index in [2.05, 4.69) is 17.6 Å². The Morgan fingerprint density at radius 1 is 1.54 bits per heavy atom. The first-order valence-corrected chi connectivity index (χ1v) is 5.22. The van der Waals surface area contributed by atoms with E-state index in [1.807, 2.05) is 0 Å². The molecule has 2 rings (SSSR count). The summed E-state index contributed by atoms with van der Waals surface area (Å²) in [4.78, 5) is 11.8. The van der Waals surface area contributed by atoms with Gasteiger partial charge in [0, 0.05) is 18.0 Å². The molecule has 2 aliphatic rings. The minimum absolute atomic E-state index is 0.0391. The Labute approximate surface area is 79.3 Å². The first kappa shape index (κ1) is 9.00. The van der Waals surface area contributed by atoms with Gasteiger partial charge in [-0.3, -0.25) is 4.79 Å². The van der Waals surface area contributed by atoms with Gasteiger partial charge in [0.1, 0.15) is 0 Å². The summed E-state index contributed by atoms with van der Waals surface area (Å²) in [6, 6.07) is 0.380. The molecule has 13 heavy (non-hydrogen) atoms. The topological polar surface area (TPSA) is 41.1 Å². The molecule has 1 amide bonds. The Morgan fingerprint density at radius 3 is 2.77 bits per heavy atom. The van der Waals surface area contributed by atoms with E-state index < -0.39 is 0 Å². The fraction of sp³-hybridized carbons (Fsp3) is 0.900. The monoisotopic (exact) mass is 182 g/mol. The summed E-state index contributed by atoms with van der Waals surface area (Å²) in [5.74, 6) is 0.271. The van der Waals surface area contributed by atoms with Gasteiger partial charge < -0.3 is 10.6 Å². The minimum Gasteiger partial charge on any atom is -0.352 e. The molecule has 1 heterocycles. The molecule has 1 atom stereocenters. The smallest absolute Gasteiger partial charge is 0.226 e. The Kier molecular flexibility index (Phi) is 2.28. The average molecular weight is 182 g/mol. The number of rotatable bonds is 2. The van der Waals surface area contributed by atoms with E-state index in [1.54, 1.807) is 0 Å². The number of carbonyl (C=O) groups excluding carboxylic acids is 1. The molecule has 0 aromatic carbocycles. The summed E-state index contributed by atoms with van der Waals surface area (Å²) in [6.07, 6.45) is 4.44. The Bertz CT molecular complexity index is 205. The van der Waals surface area contributed by atoms with Gasteiger partial charge in [-0.05, 0) is 25.8 Å². The second-order valence-electron chi connectivity index (χ2n) is 4.58. The van der Waals surface area contributed by atoms with E-state index >= 15 is 0 Å². The van der Waals surface area contributed by atoms with Crippen molar-refractivity contribution in [3.8, 4) is 0 Å². The number of nitrogens with one attached hydrogen (secondary N) is 2. The van der Waals surface area contributed by atoms with Gasteiger partial charge in [-0.15, -0.1) is 0 Å². The van der Waals surface area contributed by atoms with E-state index in [4.69, 9.17) is 0 Å². The van der Waals surface area contributed by atoms with E-state index in [0.29, 0.717) is 6.04 Å². The normalized spacial score (nSPS) is 31.0. The minimum atomic E-state index is -0.0391. The molecule has 0 unspecified atom stereocenters. The van der Waals surface area contributed by atoms with Crippen LogP contribution in [-0.4, -0.2) is 25.0 Å². The van der Waals surface area contributed by atoms with Crippen LogP contribution >= 0.6 is 0 Å². The van der Waals surface area contributed by atoms with Crippen molar-refractivity contribution in [1.82, 2.24) is 10.6 Å². The number of hydrogen-bond donors (Lipinski definition) is 2. The molecule has 3 heteroatoms. The molecule has 1 saturated heterocycles. The van der Waals surface area contributed by atoms with Crippen molar-refractivity contribution >= 4 is 5.91 Å². The van der Waals surface area contributed by atoms with Crippen LogP contribution in [0, 0.1) is 5.41 Å². The lowest BCUT2D eigenvalue weighted by atomic mass is 9.70. The first-order chi connectivity index (χ1) is 6.21. The molecular formula is C10H18N2O. The van der Waals surface area contributed by atoms with Gasteiger partial charge in [-0.25, -0.2) is 0 Å². The molecule has 3 nitrogen and oxygen atoms in total. The van der Waals surface area contributed by atoms with E-state index in [-0.39, 0.29) is 11.3 Å². The van der Waals surface area contributed by atoms with E-state index in [1.165, 1.54) is 6.42 Å². The van der Waals surface area contributed by atoms with Gasteiger partial charge in [0.15, 0.2) is 0 Å². The van der Waals surface area contributed by atoms with Crippen molar-refractivity contribution in [2.75, 3.05) is 13.1 Å². The van der Waals surface area contributed by atoms with Crippen LogP contribution in [0.1, 0.15) is 32.6 Å². The summed E-state index contributed by atoms with van der Waals surface area (Å²) < 4.78 is 0. The SMILES string of the molecule is CC1(C(=O)N[C@H]2CCNC2)CCC1. The standard InChI is InChI=1S/C10H18N2O/c1-10(4-2-5-10)9(13)12-8-3-6-11-7-8/h8,11H,2-7H2,1H3,(H,12,13)/t8-/m0/s1. The zero-order valence-corrected chi connectivity index (χ0v) is 8.23. The molecular weight excluding hydrogens is 164 g/mol. The molecule has 0 aromatic rings. The molecule has 0 spiro atoms. The van der Waals surface area contributed by atoms with Crippen molar-refractivity contribution in [1.29, 1.82) is 0 Å². The molecule has 1 saturated carbocycles. The predicted octanol–water partition coefficient (Wildman–Crippen LogP) is 0.655. The van der Waals surface area contributed by atoms with Crippen molar-refractivity contribution in [2.45, 2.75) is 38.6 Å². The Morgan fingerprint density at radius 2 is 2.31 bits per heavy atom. The summed E-state index contributed by atoms with van der Waals surface area (Å²) in [5.41, 5.74) is -0.0391. The Hall–Kier alpha value is -0.570. The third-order valence-corrected chi connectivity index (χ3v) is 3.40. The highest BCUT2D eigenvalue weighted by atomic mass is 16.2. The fourth-order valence-corrected chi connectivity index (χ4v) is 2.07. The van der Waals surface area contributed by atoms with Gasteiger partial charge in [0.25, 0.3) is 0 Å². The lowest BCUT2D eigenvalue weighted by Gasteiger charge is -2.37. The third kappa shape index (κ3) is 1.70. The predicted molar refractivity (Wildman–Crippen MR) is 51.4 cm³/mol. The summed E-state index contributed by atoms with van der Waals surface area (Å²) >= 11 is 0. The second-order valence-corrected chi connectivity index (χ2v) is 4.58. The summed E-state index contributed by atoms with van der Waals surface area (Å²) in [6.45, 7) is 4.07. The highest BCUT2D eigenvalue weighted by Crippen LogP contribution is 2.40.